The van der Waals surface area contributed by atoms with Crippen LogP contribution in [-0.2, 0) is 22.5 Å². The summed E-state index contributed by atoms with van der Waals surface area (Å²) in [5.74, 6) is 0.502. The van der Waals surface area contributed by atoms with Crippen LogP contribution in [0.1, 0.15) is 34.6 Å². The van der Waals surface area contributed by atoms with Crippen LogP contribution in [0.25, 0.3) is 10.9 Å². The van der Waals surface area contributed by atoms with E-state index in [1.807, 2.05) is 29.8 Å². The molecule has 1 atom stereocenters. The number of pyridine rings is 1. The minimum absolute atomic E-state index is 0.0645. The van der Waals surface area contributed by atoms with E-state index in [4.69, 9.17) is 4.74 Å². The van der Waals surface area contributed by atoms with E-state index in [1.165, 1.54) is 4.31 Å². The van der Waals surface area contributed by atoms with Crippen molar-refractivity contribution in [2.24, 2.45) is 7.05 Å². The summed E-state index contributed by atoms with van der Waals surface area (Å²) in [4.78, 5) is 18.8. The highest BCUT2D eigenvalue weighted by Gasteiger charge is 2.56. The van der Waals surface area contributed by atoms with Crippen molar-refractivity contribution in [3.63, 3.8) is 0 Å². The van der Waals surface area contributed by atoms with E-state index >= 15 is 0 Å². The zero-order valence-corrected chi connectivity index (χ0v) is 20.2. The summed E-state index contributed by atoms with van der Waals surface area (Å²) in [6, 6.07) is 8.55. The Labute approximate surface area is 198 Å². The second-order valence-corrected chi connectivity index (χ2v) is 11.2. The topological polar surface area (TPSA) is 105 Å². The Morgan fingerprint density at radius 2 is 2.03 bits per heavy atom. The summed E-state index contributed by atoms with van der Waals surface area (Å²) in [5.41, 5.74) is 2.60. The second-order valence-electron chi connectivity index (χ2n) is 9.03. The maximum Gasteiger partial charge on any atom is 0.255 e. The molecule has 1 saturated heterocycles. The molecule has 2 aliphatic rings. The third kappa shape index (κ3) is 3.24. The molecule has 5 rings (SSSR count). The average molecular weight is 485 g/mol. The van der Waals surface area contributed by atoms with Crippen molar-refractivity contribution >= 4 is 26.8 Å². The van der Waals surface area contributed by atoms with Crippen LogP contribution in [0.2, 0.25) is 0 Å². The molecule has 0 bridgehead atoms. The Morgan fingerprint density at radius 1 is 1.26 bits per heavy atom. The van der Waals surface area contributed by atoms with E-state index < -0.39 is 21.5 Å². The lowest BCUT2D eigenvalue weighted by Crippen LogP contribution is -2.68. The first kappa shape index (κ1) is 22.8. The number of carbonyl (C=O) groups is 1. The quantitative estimate of drug-likeness (QED) is 0.591. The molecule has 1 N–H and O–H groups in total. The van der Waals surface area contributed by atoms with Gasteiger partial charge in [-0.25, -0.2) is 8.42 Å². The van der Waals surface area contributed by atoms with Crippen LogP contribution < -0.4 is 4.74 Å². The van der Waals surface area contributed by atoms with Gasteiger partial charge >= 0.3 is 0 Å². The molecule has 4 heterocycles. The summed E-state index contributed by atoms with van der Waals surface area (Å²) < 4.78 is 35.0. The van der Waals surface area contributed by atoms with Crippen molar-refractivity contribution in [1.82, 2.24) is 18.8 Å². The van der Waals surface area contributed by atoms with Crippen LogP contribution in [0.5, 0.6) is 5.75 Å². The van der Waals surface area contributed by atoms with Crippen LogP contribution in [0.15, 0.2) is 42.7 Å². The van der Waals surface area contributed by atoms with Crippen molar-refractivity contribution in [2.45, 2.75) is 18.4 Å². The van der Waals surface area contributed by atoms with Crippen molar-refractivity contribution in [1.29, 1.82) is 0 Å². The number of benzene rings is 1. The van der Waals surface area contributed by atoms with Gasteiger partial charge in [0, 0.05) is 61.6 Å². The Kier molecular flexibility index (Phi) is 5.42. The number of amides is 1. The van der Waals surface area contributed by atoms with Crippen molar-refractivity contribution in [3.05, 3.63) is 59.5 Å². The fraction of sp³-hybridized carbons (Fsp3) is 0.417. The number of nitrogens with zero attached hydrogens (tertiary/aromatic N) is 4. The van der Waals surface area contributed by atoms with E-state index in [1.54, 1.807) is 43.5 Å². The predicted molar refractivity (Wildman–Crippen MR) is 127 cm³/mol. The number of sulfonamides is 1. The monoisotopic (exact) mass is 484 g/mol. The number of aromatic nitrogens is 2. The van der Waals surface area contributed by atoms with Gasteiger partial charge in [-0.3, -0.25) is 9.78 Å². The van der Waals surface area contributed by atoms with Gasteiger partial charge in [0.2, 0.25) is 10.0 Å². The third-order valence-electron chi connectivity index (χ3n) is 7.18. The Balaban J connectivity index is 1.66. The number of hydrogen-bond acceptors (Lipinski definition) is 6. The first-order valence-corrected chi connectivity index (χ1v) is 12.8. The van der Waals surface area contributed by atoms with Crippen LogP contribution in [-0.4, -0.2) is 77.3 Å². The van der Waals surface area contributed by atoms with Crippen molar-refractivity contribution in [2.75, 3.05) is 39.1 Å². The summed E-state index contributed by atoms with van der Waals surface area (Å²) in [6.45, 7) is 2.25. The van der Waals surface area contributed by atoms with Gasteiger partial charge in [0.05, 0.1) is 36.6 Å². The fourth-order valence-electron chi connectivity index (χ4n) is 5.53. The number of ether oxygens (including phenoxy) is 1. The highest BCUT2D eigenvalue weighted by Crippen LogP contribution is 2.50. The molecule has 2 aliphatic heterocycles. The SMILES string of the molecule is CCS(=O)(=O)N1CC2(CN(C(=O)c3cccnc3)C2)c2c(n(C)c3cc(OC)ccc23)[C@H]1CO. The van der Waals surface area contributed by atoms with Gasteiger partial charge in [-0.2, -0.15) is 4.31 Å². The highest BCUT2D eigenvalue weighted by atomic mass is 32.2. The van der Waals surface area contributed by atoms with Crippen molar-refractivity contribution < 1.29 is 23.1 Å². The Morgan fingerprint density at radius 3 is 2.65 bits per heavy atom. The molecule has 1 spiro atoms. The molecular weight excluding hydrogens is 456 g/mol. The van der Waals surface area contributed by atoms with E-state index in [2.05, 4.69) is 4.98 Å². The molecule has 2 aromatic heterocycles. The molecular formula is C24H28N4O5S. The van der Waals surface area contributed by atoms with E-state index in [9.17, 15) is 18.3 Å². The molecule has 34 heavy (non-hydrogen) atoms. The smallest absolute Gasteiger partial charge is 0.255 e. The number of fused-ring (bicyclic) bond motifs is 4. The maximum atomic E-state index is 13.1. The molecule has 3 aromatic rings. The molecule has 1 fully saturated rings. The van der Waals surface area contributed by atoms with Gasteiger partial charge in [0.1, 0.15) is 5.75 Å². The number of likely N-dealkylation sites (tertiary alicyclic amines) is 1. The molecule has 0 radical (unpaired) electrons. The summed E-state index contributed by atoms with van der Waals surface area (Å²) >= 11 is 0. The molecule has 0 unspecified atom stereocenters. The minimum atomic E-state index is -3.61. The molecule has 9 nitrogen and oxygen atoms in total. The fourth-order valence-corrected chi connectivity index (χ4v) is 6.86. The molecule has 180 valence electrons. The normalized spacial score (nSPS) is 19.8. The van der Waals surface area contributed by atoms with Crippen LogP contribution in [0, 0.1) is 0 Å². The second kappa shape index (κ2) is 8.07. The maximum absolute atomic E-state index is 13.1. The highest BCUT2D eigenvalue weighted by molar-refractivity contribution is 7.89. The average Bonchev–Trinajstić information content (AvgIpc) is 3.14. The standard InChI is InChI=1S/C24H28N4O5S/c1-4-34(31,32)28-15-24(13-27(14-24)23(30)16-6-5-9-25-11-16)21-18-8-7-17(33-3)10-19(18)26(2)22(21)20(28)12-29/h5-11,20,29H,4,12-15H2,1-3H3/t20-/m1/s1. The molecule has 0 saturated carbocycles. The van der Waals surface area contributed by atoms with E-state index in [0.717, 1.165) is 22.2 Å². The molecule has 1 aromatic carbocycles. The lowest BCUT2D eigenvalue weighted by molar-refractivity contribution is 0.0207. The number of hydrogen-bond donors (Lipinski definition) is 1. The van der Waals surface area contributed by atoms with Crippen molar-refractivity contribution in [3.8, 4) is 5.75 Å². The number of aliphatic hydroxyl groups is 1. The Hall–Kier alpha value is -2.95. The first-order valence-electron chi connectivity index (χ1n) is 11.2. The summed E-state index contributed by atoms with van der Waals surface area (Å²) in [7, 11) is -0.120. The first-order chi connectivity index (χ1) is 16.3. The largest absolute Gasteiger partial charge is 0.497 e. The van der Waals surface area contributed by atoms with Crippen LogP contribution in [0.4, 0.5) is 0 Å². The summed E-state index contributed by atoms with van der Waals surface area (Å²) in [5, 5.41) is 11.3. The van der Waals surface area contributed by atoms with E-state index in [0.29, 0.717) is 24.4 Å². The number of aryl methyl sites for hydroxylation is 1. The molecule has 0 aliphatic carbocycles. The van der Waals surface area contributed by atoms with Crippen LogP contribution >= 0.6 is 0 Å². The predicted octanol–water partition coefficient (Wildman–Crippen LogP) is 1.67. The number of methoxy groups -OCH3 is 1. The number of carbonyl (C=O) groups excluding carboxylic acids is 1. The van der Waals surface area contributed by atoms with Gasteiger partial charge in [-0.05, 0) is 36.8 Å². The van der Waals surface area contributed by atoms with Gasteiger partial charge in [0.15, 0.2) is 0 Å². The number of rotatable bonds is 5. The third-order valence-corrected chi connectivity index (χ3v) is 9.01. The van der Waals surface area contributed by atoms with Gasteiger partial charge < -0.3 is 19.3 Å². The zero-order chi connectivity index (χ0) is 24.3. The minimum Gasteiger partial charge on any atom is -0.497 e. The zero-order valence-electron chi connectivity index (χ0n) is 19.4. The van der Waals surface area contributed by atoms with Gasteiger partial charge in [-0.15, -0.1) is 0 Å². The van der Waals surface area contributed by atoms with E-state index in [-0.39, 0.29) is 24.8 Å². The molecule has 1 amide bonds. The number of aliphatic hydroxyl groups excluding tert-OH is 1. The van der Waals surface area contributed by atoms with Gasteiger partial charge in [-0.1, -0.05) is 0 Å². The Bertz CT molecular complexity index is 1360. The summed E-state index contributed by atoms with van der Waals surface area (Å²) in [6.07, 6.45) is 3.16. The lowest BCUT2D eigenvalue weighted by Gasteiger charge is -2.55. The lowest BCUT2D eigenvalue weighted by atomic mass is 9.69. The molecule has 10 heteroatoms. The van der Waals surface area contributed by atoms with Crippen LogP contribution in [0.3, 0.4) is 0 Å². The van der Waals surface area contributed by atoms with Gasteiger partial charge in [0.25, 0.3) is 5.91 Å².